The van der Waals surface area contributed by atoms with Gasteiger partial charge in [-0.15, -0.1) is 0 Å². The third-order valence-electron chi connectivity index (χ3n) is 3.08. The first kappa shape index (κ1) is 13.9. The van der Waals surface area contributed by atoms with Gasteiger partial charge in [0.2, 0.25) is 0 Å². The number of furan rings is 1. The largest absolute Gasteiger partial charge is 0.472 e. The Kier molecular flexibility index (Phi) is 3.87. The van der Waals surface area contributed by atoms with Gasteiger partial charge in [0.15, 0.2) is 0 Å². The minimum atomic E-state index is -0.214. The maximum absolute atomic E-state index is 12.0. The minimum absolute atomic E-state index is 0.214. The van der Waals surface area contributed by atoms with Gasteiger partial charge < -0.3 is 14.5 Å². The second kappa shape index (κ2) is 6.13. The van der Waals surface area contributed by atoms with Crippen LogP contribution in [-0.2, 0) is 0 Å². The Hall–Kier alpha value is -3.08. The van der Waals surface area contributed by atoms with Crippen LogP contribution >= 0.6 is 0 Å². The number of pyridine rings is 1. The molecule has 0 spiro atoms. The summed E-state index contributed by atoms with van der Waals surface area (Å²) in [7, 11) is 0. The zero-order valence-corrected chi connectivity index (χ0v) is 11.9. The lowest BCUT2D eigenvalue weighted by molar-refractivity contribution is 0.102. The van der Waals surface area contributed by atoms with Crippen LogP contribution < -0.4 is 10.1 Å². The van der Waals surface area contributed by atoms with Gasteiger partial charge in [-0.2, -0.15) is 0 Å². The topological polar surface area (TPSA) is 64.4 Å². The summed E-state index contributed by atoms with van der Waals surface area (Å²) in [6.07, 6.45) is 6.20. The maximum Gasteiger partial charge on any atom is 0.258 e. The van der Waals surface area contributed by atoms with Crippen LogP contribution in [0.1, 0.15) is 15.9 Å². The third-order valence-corrected chi connectivity index (χ3v) is 3.08. The van der Waals surface area contributed by atoms with Crippen LogP contribution in [0, 0.1) is 6.92 Å². The van der Waals surface area contributed by atoms with Crippen molar-refractivity contribution in [1.82, 2.24) is 4.98 Å². The number of carbonyl (C=O) groups excluding carboxylic acids is 1. The van der Waals surface area contributed by atoms with E-state index in [0.717, 1.165) is 5.56 Å². The number of anilines is 1. The van der Waals surface area contributed by atoms with E-state index in [0.29, 0.717) is 22.7 Å². The fourth-order valence-electron chi connectivity index (χ4n) is 1.97. The van der Waals surface area contributed by atoms with E-state index < -0.39 is 0 Å². The molecule has 0 radical (unpaired) electrons. The van der Waals surface area contributed by atoms with Crippen molar-refractivity contribution in [2.75, 3.05) is 5.32 Å². The van der Waals surface area contributed by atoms with E-state index in [4.69, 9.17) is 9.15 Å². The number of aromatic nitrogens is 1. The molecule has 1 aromatic carbocycles. The fourth-order valence-corrected chi connectivity index (χ4v) is 1.97. The Morgan fingerprint density at radius 3 is 2.86 bits per heavy atom. The lowest BCUT2D eigenvalue weighted by Crippen LogP contribution is -2.10. The molecule has 0 aliphatic rings. The van der Waals surface area contributed by atoms with Gasteiger partial charge in [0.1, 0.15) is 17.8 Å². The highest BCUT2D eigenvalue weighted by Crippen LogP contribution is 2.27. The summed E-state index contributed by atoms with van der Waals surface area (Å²) >= 11 is 0. The van der Waals surface area contributed by atoms with Crippen LogP contribution in [0.4, 0.5) is 5.69 Å². The Morgan fingerprint density at radius 1 is 1.27 bits per heavy atom. The van der Waals surface area contributed by atoms with Gasteiger partial charge in [-0.1, -0.05) is 0 Å². The number of nitrogens with zero attached hydrogens (tertiary/aromatic N) is 1. The molecule has 5 heteroatoms. The molecule has 22 heavy (non-hydrogen) atoms. The molecule has 0 aliphatic carbocycles. The Labute approximate surface area is 127 Å². The Morgan fingerprint density at radius 2 is 2.18 bits per heavy atom. The molecule has 2 aromatic heterocycles. The third kappa shape index (κ3) is 3.15. The molecule has 0 saturated heterocycles. The number of amides is 1. The second-order valence-electron chi connectivity index (χ2n) is 4.74. The van der Waals surface area contributed by atoms with Crippen LogP contribution in [0.25, 0.3) is 0 Å². The second-order valence-corrected chi connectivity index (χ2v) is 4.74. The number of nitrogens with one attached hydrogen (secondary N) is 1. The first-order chi connectivity index (χ1) is 10.7. The quantitative estimate of drug-likeness (QED) is 0.789. The molecule has 0 saturated carbocycles. The highest BCUT2D eigenvalue weighted by Gasteiger charge is 2.09. The van der Waals surface area contributed by atoms with Crippen LogP contribution in [0.15, 0.2) is 65.7 Å². The lowest BCUT2D eigenvalue weighted by atomic mass is 10.2. The van der Waals surface area contributed by atoms with Crippen molar-refractivity contribution < 1.29 is 13.9 Å². The first-order valence-electron chi connectivity index (χ1n) is 6.74. The molecule has 2 heterocycles. The van der Waals surface area contributed by atoms with Gasteiger partial charge >= 0.3 is 0 Å². The summed E-state index contributed by atoms with van der Waals surface area (Å²) in [4.78, 5) is 16.0. The molecule has 0 atom stereocenters. The van der Waals surface area contributed by atoms with E-state index in [2.05, 4.69) is 10.3 Å². The standard InChI is InChI=1S/C17H14N2O3/c1-12-9-14(19-17(20)13-6-8-21-11-13)4-5-16(12)22-15-3-2-7-18-10-15/h2-11H,1H3,(H,19,20). The van der Waals surface area contributed by atoms with Crippen molar-refractivity contribution in [3.63, 3.8) is 0 Å². The predicted molar refractivity (Wildman–Crippen MR) is 82.2 cm³/mol. The van der Waals surface area contributed by atoms with Gasteiger partial charge in [-0.3, -0.25) is 9.78 Å². The molecule has 1 amide bonds. The van der Waals surface area contributed by atoms with E-state index in [1.807, 2.05) is 31.2 Å². The zero-order valence-electron chi connectivity index (χ0n) is 11.9. The summed E-state index contributed by atoms with van der Waals surface area (Å²) in [5, 5.41) is 2.81. The summed E-state index contributed by atoms with van der Waals surface area (Å²) in [6.45, 7) is 1.92. The van der Waals surface area contributed by atoms with Crippen molar-refractivity contribution in [2.45, 2.75) is 6.92 Å². The van der Waals surface area contributed by atoms with E-state index in [-0.39, 0.29) is 5.91 Å². The normalized spacial score (nSPS) is 10.2. The van der Waals surface area contributed by atoms with E-state index in [9.17, 15) is 4.79 Å². The minimum Gasteiger partial charge on any atom is -0.472 e. The number of rotatable bonds is 4. The van der Waals surface area contributed by atoms with Gasteiger partial charge in [0.25, 0.3) is 5.91 Å². The zero-order chi connectivity index (χ0) is 15.4. The number of ether oxygens (including phenoxy) is 1. The molecule has 0 aliphatic heterocycles. The van der Waals surface area contributed by atoms with Gasteiger partial charge in [-0.25, -0.2) is 0 Å². The van der Waals surface area contributed by atoms with Crippen molar-refractivity contribution in [3.05, 3.63) is 72.4 Å². The lowest BCUT2D eigenvalue weighted by Gasteiger charge is -2.10. The molecule has 3 rings (SSSR count). The van der Waals surface area contributed by atoms with Crippen molar-refractivity contribution >= 4 is 11.6 Å². The summed E-state index contributed by atoms with van der Waals surface area (Å²) in [5.41, 5.74) is 2.09. The van der Waals surface area contributed by atoms with Crippen LogP contribution in [-0.4, -0.2) is 10.9 Å². The smallest absolute Gasteiger partial charge is 0.258 e. The van der Waals surface area contributed by atoms with E-state index in [1.54, 1.807) is 24.5 Å². The molecule has 1 N–H and O–H groups in total. The monoisotopic (exact) mass is 294 g/mol. The molecule has 3 aromatic rings. The Balaban J connectivity index is 1.73. The first-order valence-corrected chi connectivity index (χ1v) is 6.74. The summed E-state index contributed by atoms with van der Waals surface area (Å²) in [6, 6.07) is 10.7. The van der Waals surface area contributed by atoms with Crippen LogP contribution in [0.2, 0.25) is 0 Å². The molecule has 0 unspecified atom stereocenters. The molecule has 110 valence electrons. The number of hydrogen-bond donors (Lipinski definition) is 1. The summed E-state index contributed by atoms with van der Waals surface area (Å²) in [5.74, 6) is 1.17. The molecule has 0 fully saturated rings. The summed E-state index contributed by atoms with van der Waals surface area (Å²) < 4.78 is 10.6. The Bertz CT molecular complexity index is 768. The van der Waals surface area contributed by atoms with Crippen molar-refractivity contribution in [3.8, 4) is 11.5 Å². The number of aryl methyl sites for hydroxylation is 1. The molecular formula is C17H14N2O3. The number of benzene rings is 1. The van der Waals surface area contributed by atoms with E-state index in [1.165, 1.54) is 12.5 Å². The van der Waals surface area contributed by atoms with Crippen molar-refractivity contribution in [1.29, 1.82) is 0 Å². The SMILES string of the molecule is Cc1cc(NC(=O)c2ccoc2)ccc1Oc1cccnc1. The molecular weight excluding hydrogens is 280 g/mol. The molecule has 5 nitrogen and oxygen atoms in total. The average Bonchev–Trinajstić information content (AvgIpc) is 3.05. The average molecular weight is 294 g/mol. The highest BCUT2D eigenvalue weighted by atomic mass is 16.5. The number of hydrogen-bond acceptors (Lipinski definition) is 4. The van der Waals surface area contributed by atoms with Gasteiger partial charge in [0.05, 0.1) is 18.0 Å². The van der Waals surface area contributed by atoms with Gasteiger partial charge in [-0.05, 0) is 48.9 Å². The maximum atomic E-state index is 12.0. The number of carbonyl (C=O) groups is 1. The molecule has 0 bridgehead atoms. The highest BCUT2D eigenvalue weighted by molar-refractivity contribution is 6.04. The van der Waals surface area contributed by atoms with Crippen LogP contribution in [0.5, 0.6) is 11.5 Å². The fraction of sp³-hybridized carbons (Fsp3) is 0.0588. The van der Waals surface area contributed by atoms with E-state index >= 15 is 0 Å². The predicted octanol–water partition coefficient (Wildman–Crippen LogP) is 4.03. The van der Waals surface area contributed by atoms with Crippen molar-refractivity contribution in [2.24, 2.45) is 0 Å². The van der Waals surface area contributed by atoms with Gasteiger partial charge in [0, 0.05) is 11.9 Å². The van der Waals surface area contributed by atoms with Crippen LogP contribution in [0.3, 0.4) is 0 Å².